The summed E-state index contributed by atoms with van der Waals surface area (Å²) in [5.41, 5.74) is 1.31. The molecular formula is C10H16NOS+. The van der Waals surface area contributed by atoms with Gasteiger partial charge in [0.25, 0.3) is 0 Å². The third-order valence-corrected chi connectivity index (χ3v) is 2.73. The van der Waals surface area contributed by atoms with E-state index in [4.69, 9.17) is 4.74 Å². The van der Waals surface area contributed by atoms with Gasteiger partial charge in [0.15, 0.2) is 0 Å². The van der Waals surface area contributed by atoms with Gasteiger partial charge in [-0.1, -0.05) is 11.8 Å². The highest BCUT2D eigenvalue weighted by atomic mass is 32.2. The van der Waals surface area contributed by atoms with E-state index < -0.39 is 0 Å². The average molecular weight is 198 g/mol. The molecule has 0 fully saturated rings. The Labute approximate surface area is 83.9 Å². The van der Waals surface area contributed by atoms with Crippen molar-refractivity contribution in [1.29, 1.82) is 0 Å². The zero-order valence-corrected chi connectivity index (χ0v) is 9.15. The van der Waals surface area contributed by atoms with Crippen LogP contribution in [0.3, 0.4) is 0 Å². The van der Waals surface area contributed by atoms with E-state index in [1.54, 1.807) is 18.9 Å². The lowest BCUT2D eigenvalue weighted by molar-refractivity contribution is -0.786. The predicted octanol–water partition coefficient (Wildman–Crippen LogP) is 1.16. The van der Waals surface area contributed by atoms with Crippen molar-refractivity contribution in [2.24, 2.45) is 0 Å². The second kappa shape index (κ2) is 5.27. The van der Waals surface area contributed by atoms with E-state index in [0.29, 0.717) is 5.94 Å². The van der Waals surface area contributed by atoms with E-state index in [2.05, 4.69) is 38.4 Å². The summed E-state index contributed by atoms with van der Waals surface area (Å²) < 4.78 is 4.98. The van der Waals surface area contributed by atoms with E-state index in [0.717, 1.165) is 0 Å². The average Bonchev–Trinajstić information content (AvgIpc) is 2.15. The third kappa shape index (κ3) is 3.38. The number of quaternary nitrogens is 1. The zero-order valence-electron chi connectivity index (χ0n) is 8.33. The first-order valence-electron chi connectivity index (χ1n) is 4.26. The van der Waals surface area contributed by atoms with Crippen LogP contribution in [-0.4, -0.2) is 27.1 Å². The van der Waals surface area contributed by atoms with E-state index >= 15 is 0 Å². The largest absolute Gasteiger partial charge is 0.374 e. The molecule has 0 unspecified atom stereocenters. The van der Waals surface area contributed by atoms with E-state index in [9.17, 15) is 0 Å². The molecule has 0 heterocycles. The van der Waals surface area contributed by atoms with Gasteiger partial charge >= 0.3 is 0 Å². The van der Waals surface area contributed by atoms with Gasteiger partial charge in [0.05, 0.1) is 20.0 Å². The number of nitrogens with one attached hydrogen (secondary N) is 1. The van der Waals surface area contributed by atoms with Gasteiger partial charge in [0.1, 0.15) is 5.69 Å². The molecule has 0 amide bonds. The first kappa shape index (κ1) is 10.6. The topological polar surface area (TPSA) is 13.7 Å². The molecule has 0 aliphatic carbocycles. The van der Waals surface area contributed by atoms with Gasteiger partial charge in [0, 0.05) is 24.1 Å². The molecule has 2 nitrogen and oxygen atoms in total. The summed E-state index contributed by atoms with van der Waals surface area (Å²) >= 11 is 1.71. The Morgan fingerprint density at radius 3 is 2.31 bits per heavy atom. The van der Waals surface area contributed by atoms with E-state index in [1.165, 1.54) is 15.5 Å². The van der Waals surface area contributed by atoms with Crippen LogP contribution in [0.5, 0.6) is 0 Å². The molecule has 0 aromatic heterocycles. The SMILES string of the molecule is COCSc1ccc([NH+](C)C)cc1. The molecule has 0 saturated carbocycles. The molecule has 1 rings (SSSR count). The van der Waals surface area contributed by atoms with Crippen LogP contribution in [0, 0.1) is 0 Å². The van der Waals surface area contributed by atoms with Crippen molar-refractivity contribution < 1.29 is 9.64 Å². The number of thioether (sulfide) groups is 1. The first-order chi connectivity index (χ1) is 6.24. The monoisotopic (exact) mass is 198 g/mol. The maximum absolute atomic E-state index is 4.98. The van der Waals surface area contributed by atoms with Gasteiger partial charge in [-0.3, -0.25) is 0 Å². The van der Waals surface area contributed by atoms with Crippen LogP contribution in [-0.2, 0) is 4.74 Å². The van der Waals surface area contributed by atoms with Crippen molar-refractivity contribution in [3.05, 3.63) is 24.3 Å². The van der Waals surface area contributed by atoms with Crippen LogP contribution >= 0.6 is 11.8 Å². The van der Waals surface area contributed by atoms with Crippen molar-refractivity contribution in [2.45, 2.75) is 4.90 Å². The Morgan fingerprint density at radius 1 is 1.23 bits per heavy atom. The van der Waals surface area contributed by atoms with E-state index in [1.807, 2.05) is 0 Å². The minimum Gasteiger partial charge on any atom is -0.374 e. The number of benzene rings is 1. The summed E-state index contributed by atoms with van der Waals surface area (Å²) in [4.78, 5) is 2.61. The number of hydrogen-bond donors (Lipinski definition) is 1. The van der Waals surface area contributed by atoms with Gasteiger partial charge in [-0.15, -0.1) is 0 Å². The number of rotatable bonds is 4. The highest BCUT2D eigenvalue weighted by Crippen LogP contribution is 2.18. The predicted molar refractivity (Wildman–Crippen MR) is 56.6 cm³/mol. The highest BCUT2D eigenvalue weighted by Gasteiger charge is 1.99. The first-order valence-corrected chi connectivity index (χ1v) is 5.25. The lowest BCUT2D eigenvalue weighted by Gasteiger charge is -2.06. The lowest BCUT2D eigenvalue weighted by atomic mass is 10.3. The third-order valence-electron chi connectivity index (χ3n) is 1.78. The molecule has 0 bridgehead atoms. The van der Waals surface area contributed by atoms with Crippen LogP contribution in [0.25, 0.3) is 0 Å². The highest BCUT2D eigenvalue weighted by molar-refractivity contribution is 7.99. The van der Waals surface area contributed by atoms with Gasteiger partial charge in [-0.25, -0.2) is 0 Å². The van der Waals surface area contributed by atoms with Crippen LogP contribution in [0.15, 0.2) is 29.2 Å². The second-order valence-corrected chi connectivity index (χ2v) is 4.07. The van der Waals surface area contributed by atoms with Crippen molar-refractivity contribution in [1.82, 2.24) is 0 Å². The zero-order chi connectivity index (χ0) is 9.68. The second-order valence-electron chi connectivity index (χ2n) is 3.08. The quantitative estimate of drug-likeness (QED) is 0.576. The fraction of sp³-hybridized carbons (Fsp3) is 0.400. The van der Waals surface area contributed by atoms with Crippen LogP contribution in [0.2, 0.25) is 0 Å². The smallest absolute Gasteiger partial charge is 0.130 e. The maximum atomic E-state index is 4.98. The van der Waals surface area contributed by atoms with Crippen LogP contribution in [0.4, 0.5) is 5.69 Å². The summed E-state index contributed by atoms with van der Waals surface area (Å²) in [5.74, 6) is 0.716. The molecule has 1 aromatic carbocycles. The van der Waals surface area contributed by atoms with E-state index in [-0.39, 0.29) is 0 Å². The number of ether oxygens (including phenoxy) is 1. The minimum atomic E-state index is 0.716. The molecule has 0 aliphatic rings. The molecule has 72 valence electrons. The van der Waals surface area contributed by atoms with Crippen LogP contribution in [0.1, 0.15) is 0 Å². The maximum Gasteiger partial charge on any atom is 0.130 e. The van der Waals surface area contributed by atoms with Gasteiger partial charge in [-0.2, -0.15) is 0 Å². The van der Waals surface area contributed by atoms with Gasteiger partial charge < -0.3 is 9.64 Å². The molecule has 0 radical (unpaired) electrons. The van der Waals surface area contributed by atoms with Crippen LogP contribution < -0.4 is 4.90 Å². The molecule has 0 spiro atoms. The fourth-order valence-electron chi connectivity index (χ4n) is 1.01. The van der Waals surface area contributed by atoms with Gasteiger partial charge in [0.2, 0.25) is 0 Å². The molecule has 0 atom stereocenters. The number of methoxy groups -OCH3 is 1. The van der Waals surface area contributed by atoms with Gasteiger partial charge in [-0.05, 0) is 12.1 Å². The number of hydrogen-bond acceptors (Lipinski definition) is 2. The normalized spacial score (nSPS) is 10.8. The Bertz CT molecular complexity index is 246. The summed E-state index contributed by atoms with van der Waals surface area (Å²) in [6.07, 6.45) is 0. The fourth-order valence-corrected chi connectivity index (χ4v) is 1.59. The van der Waals surface area contributed by atoms with Crippen molar-refractivity contribution in [2.75, 3.05) is 27.1 Å². The Morgan fingerprint density at radius 2 is 1.85 bits per heavy atom. The molecule has 13 heavy (non-hydrogen) atoms. The molecule has 1 aromatic rings. The summed E-state index contributed by atoms with van der Waals surface area (Å²) in [5, 5.41) is 0. The molecule has 0 saturated heterocycles. The minimum absolute atomic E-state index is 0.716. The molecule has 3 heteroatoms. The Balaban J connectivity index is 2.59. The molecule has 0 aliphatic heterocycles. The van der Waals surface area contributed by atoms with Crippen molar-refractivity contribution >= 4 is 17.4 Å². The molecule has 1 N–H and O–H groups in total. The summed E-state index contributed by atoms with van der Waals surface area (Å²) in [6, 6.07) is 8.55. The summed E-state index contributed by atoms with van der Waals surface area (Å²) in [7, 11) is 5.96. The Hall–Kier alpha value is -0.510. The van der Waals surface area contributed by atoms with Crippen molar-refractivity contribution in [3.8, 4) is 0 Å². The van der Waals surface area contributed by atoms with Crippen molar-refractivity contribution in [3.63, 3.8) is 0 Å². The standard InChI is InChI=1S/C10H15NOS/c1-11(2)9-4-6-10(7-5-9)13-8-12-3/h4-7H,8H2,1-3H3/p+1. The molecular weight excluding hydrogens is 182 g/mol. The Kier molecular flexibility index (Phi) is 4.28. The summed E-state index contributed by atoms with van der Waals surface area (Å²) in [6.45, 7) is 0. The lowest BCUT2D eigenvalue weighted by Crippen LogP contribution is -3.00.